The van der Waals surface area contributed by atoms with E-state index in [2.05, 4.69) is 4.98 Å². The highest BCUT2D eigenvalue weighted by Crippen LogP contribution is 2.29. The molecule has 0 saturated heterocycles. The lowest BCUT2D eigenvalue weighted by Gasteiger charge is -2.13. The number of rotatable bonds is 8. The molecule has 6 nitrogen and oxygen atoms in total. The van der Waals surface area contributed by atoms with Crippen LogP contribution in [-0.4, -0.2) is 32.6 Å². The van der Waals surface area contributed by atoms with E-state index in [4.69, 9.17) is 8.92 Å². The van der Waals surface area contributed by atoms with Gasteiger partial charge in [-0.05, 0) is 63.3 Å². The van der Waals surface area contributed by atoms with Gasteiger partial charge in [0.05, 0.1) is 18.1 Å². The van der Waals surface area contributed by atoms with Crippen LogP contribution in [-0.2, 0) is 19.0 Å². The number of aromatic amines is 1. The zero-order valence-corrected chi connectivity index (χ0v) is 17.3. The highest BCUT2D eigenvalue weighted by atomic mass is 32.2. The van der Waals surface area contributed by atoms with Crippen LogP contribution < -0.4 is 0 Å². The van der Waals surface area contributed by atoms with E-state index in [1.165, 1.54) is 0 Å². The molecule has 0 bridgehead atoms. The molecule has 0 spiro atoms. The second-order valence-corrected chi connectivity index (χ2v) is 8.28. The SMILES string of the molecule is CCOC(=O)c1[nH]c(C)c([C@@H](C)CCOS(=O)(=O)c2ccc(C)cc2)c1C. The first-order chi connectivity index (χ1) is 12.7. The molecule has 2 aromatic rings. The fraction of sp³-hybridized carbons (Fsp3) is 0.450. The Balaban J connectivity index is 2.05. The zero-order valence-electron chi connectivity index (χ0n) is 16.5. The molecular weight excluding hydrogens is 366 g/mol. The number of nitrogens with one attached hydrogen (secondary N) is 1. The molecule has 27 heavy (non-hydrogen) atoms. The number of carbonyl (C=O) groups excluding carboxylic acids is 1. The highest BCUT2D eigenvalue weighted by molar-refractivity contribution is 7.86. The first kappa shape index (κ1) is 21.2. The number of H-pyrrole nitrogens is 1. The average Bonchev–Trinajstić information content (AvgIpc) is 2.90. The van der Waals surface area contributed by atoms with Gasteiger partial charge in [-0.15, -0.1) is 0 Å². The summed E-state index contributed by atoms with van der Waals surface area (Å²) in [5, 5.41) is 0. The summed E-state index contributed by atoms with van der Waals surface area (Å²) in [7, 11) is -3.77. The van der Waals surface area contributed by atoms with Gasteiger partial charge in [-0.2, -0.15) is 8.42 Å². The molecule has 1 atom stereocenters. The number of carbonyl (C=O) groups is 1. The molecule has 0 fully saturated rings. The van der Waals surface area contributed by atoms with Gasteiger partial charge in [0, 0.05) is 5.69 Å². The third-order valence-corrected chi connectivity index (χ3v) is 5.89. The van der Waals surface area contributed by atoms with Gasteiger partial charge in [0.2, 0.25) is 0 Å². The minimum absolute atomic E-state index is 0.0256. The van der Waals surface area contributed by atoms with Crippen molar-refractivity contribution in [2.45, 2.75) is 51.9 Å². The third-order valence-electron chi connectivity index (χ3n) is 4.57. The number of hydrogen-bond acceptors (Lipinski definition) is 5. The predicted octanol–water partition coefficient (Wildman–Crippen LogP) is 4.02. The van der Waals surface area contributed by atoms with Gasteiger partial charge in [0.15, 0.2) is 0 Å². The van der Waals surface area contributed by atoms with Crippen molar-refractivity contribution in [3.05, 3.63) is 52.3 Å². The van der Waals surface area contributed by atoms with Crippen LogP contribution in [0.25, 0.3) is 0 Å². The first-order valence-corrected chi connectivity index (χ1v) is 10.4. The Morgan fingerprint density at radius 3 is 2.37 bits per heavy atom. The van der Waals surface area contributed by atoms with Crippen LogP contribution in [0.3, 0.4) is 0 Å². The second kappa shape index (κ2) is 8.71. The van der Waals surface area contributed by atoms with Crippen molar-refractivity contribution in [2.24, 2.45) is 0 Å². The maximum absolute atomic E-state index is 12.3. The molecule has 1 N–H and O–H groups in total. The van der Waals surface area contributed by atoms with E-state index in [9.17, 15) is 13.2 Å². The summed E-state index contributed by atoms with van der Waals surface area (Å²) in [5.41, 5.74) is 4.14. The van der Waals surface area contributed by atoms with E-state index in [1.807, 2.05) is 27.7 Å². The Morgan fingerprint density at radius 2 is 1.78 bits per heavy atom. The van der Waals surface area contributed by atoms with Crippen molar-refractivity contribution in [2.75, 3.05) is 13.2 Å². The lowest BCUT2D eigenvalue weighted by atomic mass is 9.94. The number of aromatic nitrogens is 1. The summed E-state index contributed by atoms with van der Waals surface area (Å²) >= 11 is 0. The van der Waals surface area contributed by atoms with Crippen LogP contribution in [0.1, 0.15) is 59.1 Å². The van der Waals surface area contributed by atoms with E-state index in [1.54, 1.807) is 31.2 Å². The van der Waals surface area contributed by atoms with Gasteiger partial charge in [0.1, 0.15) is 5.69 Å². The quantitative estimate of drug-likeness (QED) is 0.541. The van der Waals surface area contributed by atoms with Crippen molar-refractivity contribution < 1.29 is 22.1 Å². The Kier molecular flexibility index (Phi) is 6.84. The molecule has 0 unspecified atom stereocenters. The molecule has 0 saturated carbocycles. The maximum Gasteiger partial charge on any atom is 0.355 e. The van der Waals surface area contributed by atoms with Crippen molar-refractivity contribution in [3.8, 4) is 0 Å². The van der Waals surface area contributed by atoms with Crippen LogP contribution >= 0.6 is 0 Å². The molecule has 0 aliphatic heterocycles. The summed E-state index contributed by atoms with van der Waals surface area (Å²) in [6.45, 7) is 9.78. The van der Waals surface area contributed by atoms with E-state index >= 15 is 0 Å². The molecule has 0 radical (unpaired) electrons. The molecule has 2 rings (SSSR count). The molecule has 0 aliphatic rings. The molecule has 148 valence electrons. The minimum Gasteiger partial charge on any atom is -0.461 e. The van der Waals surface area contributed by atoms with Gasteiger partial charge in [-0.1, -0.05) is 24.6 Å². The van der Waals surface area contributed by atoms with E-state index in [-0.39, 0.29) is 23.4 Å². The van der Waals surface area contributed by atoms with Crippen LogP contribution in [0.4, 0.5) is 0 Å². The molecule has 0 amide bonds. The van der Waals surface area contributed by atoms with Crippen LogP contribution in [0.2, 0.25) is 0 Å². The highest BCUT2D eigenvalue weighted by Gasteiger charge is 2.22. The summed E-state index contributed by atoms with van der Waals surface area (Å²) in [5.74, 6) is -0.354. The summed E-state index contributed by atoms with van der Waals surface area (Å²) in [6.07, 6.45) is 0.507. The molecule has 1 heterocycles. The molecule has 0 aliphatic carbocycles. The lowest BCUT2D eigenvalue weighted by Crippen LogP contribution is -2.10. The van der Waals surface area contributed by atoms with Gasteiger partial charge >= 0.3 is 5.97 Å². The lowest BCUT2D eigenvalue weighted by molar-refractivity contribution is 0.0519. The zero-order chi connectivity index (χ0) is 20.2. The number of aryl methyl sites for hydroxylation is 2. The Morgan fingerprint density at radius 1 is 1.15 bits per heavy atom. The van der Waals surface area contributed by atoms with Crippen molar-refractivity contribution in [1.82, 2.24) is 4.98 Å². The molecule has 1 aromatic heterocycles. The first-order valence-electron chi connectivity index (χ1n) is 8.99. The fourth-order valence-electron chi connectivity index (χ4n) is 3.16. The molecule has 7 heteroatoms. The number of ether oxygens (including phenoxy) is 1. The van der Waals surface area contributed by atoms with Gasteiger partial charge in [0.25, 0.3) is 10.1 Å². The van der Waals surface area contributed by atoms with Crippen molar-refractivity contribution in [1.29, 1.82) is 0 Å². The van der Waals surface area contributed by atoms with E-state index in [0.29, 0.717) is 18.7 Å². The predicted molar refractivity (Wildman–Crippen MR) is 104 cm³/mol. The monoisotopic (exact) mass is 393 g/mol. The molecule has 1 aromatic carbocycles. The van der Waals surface area contributed by atoms with E-state index in [0.717, 1.165) is 22.4 Å². The maximum atomic E-state index is 12.3. The van der Waals surface area contributed by atoms with Gasteiger partial charge in [-0.3, -0.25) is 4.18 Å². The van der Waals surface area contributed by atoms with Crippen LogP contribution in [0.5, 0.6) is 0 Å². The van der Waals surface area contributed by atoms with Crippen LogP contribution in [0.15, 0.2) is 29.2 Å². The Labute approximate surface area is 161 Å². The topological polar surface area (TPSA) is 85.5 Å². The van der Waals surface area contributed by atoms with Crippen molar-refractivity contribution >= 4 is 16.1 Å². The summed E-state index contributed by atoms with van der Waals surface area (Å²) < 4.78 is 34.8. The van der Waals surface area contributed by atoms with Crippen LogP contribution in [0, 0.1) is 20.8 Å². The summed E-state index contributed by atoms with van der Waals surface area (Å²) in [6, 6.07) is 6.56. The normalized spacial score (nSPS) is 12.8. The Bertz CT molecular complexity index is 897. The third kappa shape index (κ3) is 4.99. The van der Waals surface area contributed by atoms with E-state index < -0.39 is 10.1 Å². The standard InChI is InChI=1S/C20H27NO5S/c1-6-25-20(22)19-15(4)18(16(5)21-19)14(3)11-12-26-27(23,24)17-9-7-13(2)8-10-17/h7-10,14,21H,6,11-12H2,1-5H3/t14-/m0/s1. The van der Waals surface area contributed by atoms with Crippen molar-refractivity contribution in [3.63, 3.8) is 0 Å². The number of hydrogen-bond donors (Lipinski definition) is 1. The van der Waals surface area contributed by atoms with Gasteiger partial charge in [-0.25, -0.2) is 4.79 Å². The minimum atomic E-state index is -3.77. The second-order valence-electron chi connectivity index (χ2n) is 6.66. The number of benzene rings is 1. The average molecular weight is 394 g/mol. The largest absolute Gasteiger partial charge is 0.461 e. The molecular formula is C20H27NO5S. The summed E-state index contributed by atoms with van der Waals surface area (Å²) in [4.78, 5) is 15.3. The van der Waals surface area contributed by atoms with Gasteiger partial charge < -0.3 is 9.72 Å². The number of esters is 1. The fourth-order valence-corrected chi connectivity index (χ4v) is 4.08. The Hall–Kier alpha value is -2.12. The smallest absolute Gasteiger partial charge is 0.355 e.